The van der Waals surface area contributed by atoms with Gasteiger partial charge in [0, 0.05) is 56.4 Å². The van der Waals surface area contributed by atoms with Crippen molar-refractivity contribution in [1.82, 2.24) is 10.2 Å². The first-order chi connectivity index (χ1) is 16.6. The lowest BCUT2D eigenvalue weighted by Gasteiger charge is -2.38. The van der Waals surface area contributed by atoms with Crippen molar-refractivity contribution in [3.8, 4) is 0 Å². The molecule has 1 aliphatic carbocycles. The molecule has 1 unspecified atom stereocenters. The molecule has 192 valence electrons. The average molecular weight is 494 g/mol. The van der Waals surface area contributed by atoms with Crippen LogP contribution in [0.4, 0.5) is 4.79 Å². The van der Waals surface area contributed by atoms with E-state index in [1.54, 1.807) is 0 Å². The molecule has 2 fully saturated rings. The number of ether oxygens (including phenoxy) is 2. The van der Waals surface area contributed by atoms with Gasteiger partial charge in [-0.2, -0.15) is 0 Å². The summed E-state index contributed by atoms with van der Waals surface area (Å²) in [4.78, 5) is 15.1. The summed E-state index contributed by atoms with van der Waals surface area (Å²) in [6, 6.07) is 7.98. The van der Waals surface area contributed by atoms with Crippen LogP contribution in [0, 0.1) is 11.8 Å². The van der Waals surface area contributed by atoms with E-state index in [9.17, 15) is 4.79 Å². The maximum Gasteiger partial charge on any atom is 0.317 e. The topological polar surface area (TPSA) is 76.8 Å². The van der Waals surface area contributed by atoms with Gasteiger partial charge in [-0.25, -0.2) is 4.79 Å². The van der Waals surface area contributed by atoms with E-state index < -0.39 is 0 Å². The van der Waals surface area contributed by atoms with Gasteiger partial charge in [0.2, 0.25) is 0 Å². The van der Waals surface area contributed by atoms with Gasteiger partial charge in [-0.1, -0.05) is 55.8 Å². The number of nitrogens with two attached hydrogens (primary N) is 1. The standard InChI is InChI=1S/C27H44ClN3O3/c1-2-33-15-8-16-34-26(22-11-6-13-24(28)18-22)23-12-7-14-31(20-23)27(32)30-25(19-29)17-21-9-4-3-5-10-21/h6,11,13,18,21,23,25-26H,2-5,7-10,12,14-17,19-20,29H2,1H3,(H,30,32)/t23-,25?,26+/m1/s1. The highest BCUT2D eigenvalue weighted by Crippen LogP contribution is 2.34. The van der Waals surface area contributed by atoms with Gasteiger partial charge in [0.15, 0.2) is 0 Å². The van der Waals surface area contributed by atoms with E-state index in [1.807, 2.05) is 30.0 Å². The Morgan fingerprint density at radius 3 is 2.76 bits per heavy atom. The van der Waals surface area contributed by atoms with Crippen LogP contribution >= 0.6 is 11.6 Å². The smallest absolute Gasteiger partial charge is 0.317 e. The van der Waals surface area contributed by atoms with E-state index in [0.717, 1.165) is 44.4 Å². The van der Waals surface area contributed by atoms with E-state index in [1.165, 1.54) is 32.1 Å². The van der Waals surface area contributed by atoms with Crippen molar-refractivity contribution < 1.29 is 14.3 Å². The van der Waals surface area contributed by atoms with Crippen LogP contribution in [0.5, 0.6) is 0 Å². The summed E-state index contributed by atoms with van der Waals surface area (Å²) in [5.74, 6) is 0.911. The third-order valence-corrected chi connectivity index (χ3v) is 7.47. The molecular formula is C27H44ClN3O3. The molecule has 1 heterocycles. The average Bonchev–Trinajstić information content (AvgIpc) is 2.86. The van der Waals surface area contributed by atoms with E-state index in [0.29, 0.717) is 37.2 Å². The highest BCUT2D eigenvalue weighted by molar-refractivity contribution is 6.30. The van der Waals surface area contributed by atoms with Crippen LogP contribution < -0.4 is 11.1 Å². The molecule has 0 radical (unpaired) electrons. The molecule has 1 aromatic rings. The van der Waals surface area contributed by atoms with Gasteiger partial charge >= 0.3 is 6.03 Å². The normalized spacial score (nSPS) is 21.3. The zero-order valence-corrected chi connectivity index (χ0v) is 21.6. The highest BCUT2D eigenvalue weighted by Gasteiger charge is 2.32. The molecular weight excluding hydrogens is 450 g/mol. The number of hydrogen-bond acceptors (Lipinski definition) is 4. The Labute approximate surface area is 210 Å². The molecule has 0 bridgehead atoms. The lowest BCUT2D eigenvalue weighted by atomic mass is 9.85. The van der Waals surface area contributed by atoms with Crippen molar-refractivity contribution in [1.29, 1.82) is 0 Å². The maximum atomic E-state index is 13.2. The first-order valence-corrected chi connectivity index (χ1v) is 13.7. The fourth-order valence-electron chi connectivity index (χ4n) is 5.45. The minimum absolute atomic E-state index is 0.0112. The molecule has 3 rings (SSSR count). The summed E-state index contributed by atoms with van der Waals surface area (Å²) in [5, 5.41) is 3.95. The lowest BCUT2D eigenvalue weighted by molar-refractivity contribution is -0.0184. The quantitative estimate of drug-likeness (QED) is 0.374. The zero-order chi connectivity index (χ0) is 24.2. The number of carbonyl (C=O) groups is 1. The van der Waals surface area contributed by atoms with Crippen molar-refractivity contribution in [2.24, 2.45) is 17.6 Å². The van der Waals surface area contributed by atoms with E-state index in [2.05, 4.69) is 11.4 Å². The molecule has 2 amide bonds. The fraction of sp³-hybridized carbons (Fsp3) is 0.741. The molecule has 0 aromatic heterocycles. The Hall–Kier alpha value is -1.34. The van der Waals surface area contributed by atoms with Crippen molar-refractivity contribution in [3.63, 3.8) is 0 Å². The molecule has 1 saturated carbocycles. The predicted molar refractivity (Wildman–Crippen MR) is 138 cm³/mol. The second-order valence-corrected chi connectivity index (χ2v) is 10.3. The predicted octanol–water partition coefficient (Wildman–Crippen LogP) is 5.54. The number of benzene rings is 1. The van der Waals surface area contributed by atoms with Gasteiger partial charge in [0.25, 0.3) is 0 Å². The van der Waals surface area contributed by atoms with Crippen LogP contribution in [0.3, 0.4) is 0 Å². The molecule has 3 N–H and O–H groups in total. The van der Waals surface area contributed by atoms with Crippen LogP contribution in [-0.4, -0.2) is 56.4 Å². The van der Waals surface area contributed by atoms with E-state index in [4.69, 9.17) is 26.8 Å². The summed E-state index contributed by atoms with van der Waals surface area (Å²) < 4.78 is 11.8. The van der Waals surface area contributed by atoms with Crippen molar-refractivity contribution >= 4 is 17.6 Å². The minimum atomic E-state index is -0.0940. The number of likely N-dealkylation sites (tertiary alicyclic amines) is 1. The second kappa shape index (κ2) is 14.9. The van der Waals surface area contributed by atoms with Crippen LogP contribution in [0.15, 0.2) is 24.3 Å². The maximum absolute atomic E-state index is 13.2. The Balaban J connectivity index is 1.59. The van der Waals surface area contributed by atoms with Crippen molar-refractivity contribution in [3.05, 3.63) is 34.9 Å². The van der Waals surface area contributed by atoms with Gasteiger partial charge < -0.3 is 25.4 Å². The first kappa shape index (κ1) is 27.3. The molecule has 1 saturated heterocycles. The van der Waals surface area contributed by atoms with Gasteiger partial charge in [0.1, 0.15) is 0 Å². The summed E-state index contributed by atoms with van der Waals surface area (Å²) in [6.45, 7) is 5.98. The van der Waals surface area contributed by atoms with Gasteiger partial charge in [-0.3, -0.25) is 0 Å². The Morgan fingerprint density at radius 1 is 1.21 bits per heavy atom. The number of urea groups is 1. The number of amides is 2. The Kier molecular flexibility index (Phi) is 12.0. The van der Waals surface area contributed by atoms with Crippen LogP contribution in [0.2, 0.25) is 5.02 Å². The van der Waals surface area contributed by atoms with Gasteiger partial charge in [0.05, 0.1) is 6.10 Å². The van der Waals surface area contributed by atoms with Crippen LogP contribution in [-0.2, 0) is 9.47 Å². The Bertz CT molecular complexity index is 729. The monoisotopic (exact) mass is 493 g/mol. The van der Waals surface area contributed by atoms with Crippen LogP contribution in [0.25, 0.3) is 0 Å². The number of halogens is 1. The van der Waals surface area contributed by atoms with Crippen molar-refractivity contribution in [2.75, 3.05) is 39.5 Å². The van der Waals surface area contributed by atoms with E-state index >= 15 is 0 Å². The third kappa shape index (κ3) is 8.71. The molecule has 3 atom stereocenters. The number of hydrogen-bond donors (Lipinski definition) is 2. The van der Waals surface area contributed by atoms with Crippen molar-refractivity contribution in [2.45, 2.75) is 76.9 Å². The lowest BCUT2D eigenvalue weighted by Crippen LogP contribution is -2.51. The summed E-state index contributed by atoms with van der Waals surface area (Å²) in [6.07, 6.45) is 10.2. The SMILES string of the molecule is CCOCCCO[C@@H](c1cccc(Cl)c1)[C@@H]1CCCN(C(=O)NC(CN)CC2CCCCC2)C1. The largest absolute Gasteiger partial charge is 0.382 e. The van der Waals surface area contributed by atoms with E-state index in [-0.39, 0.29) is 24.1 Å². The van der Waals surface area contributed by atoms with Crippen LogP contribution in [0.1, 0.15) is 76.4 Å². The summed E-state index contributed by atoms with van der Waals surface area (Å²) >= 11 is 6.30. The third-order valence-electron chi connectivity index (χ3n) is 7.24. The number of nitrogens with zero attached hydrogens (tertiary/aromatic N) is 1. The highest BCUT2D eigenvalue weighted by atomic mass is 35.5. The molecule has 1 aliphatic heterocycles. The molecule has 7 heteroatoms. The summed E-state index contributed by atoms with van der Waals surface area (Å²) in [5.41, 5.74) is 7.12. The Morgan fingerprint density at radius 2 is 2.03 bits per heavy atom. The number of rotatable bonds is 12. The molecule has 34 heavy (non-hydrogen) atoms. The zero-order valence-electron chi connectivity index (χ0n) is 20.9. The molecule has 2 aliphatic rings. The minimum Gasteiger partial charge on any atom is -0.382 e. The molecule has 1 aromatic carbocycles. The molecule has 6 nitrogen and oxygen atoms in total. The number of piperidine rings is 1. The second-order valence-electron chi connectivity index (χ2n) is 9.87. The summed E-state index contributed by atoms with van der Waals surface area (Å²) in [7, 11) is 0. The first-order valence-electron chi connectivity index (χ1n) is 13.3. The van der Waals surface area contributed by atoms with Gasteiger partial charge in [-0.15, -0.1) is 0 Å². The van der Waals surface area contributed by atoms with Gasteiger partial charge in [-0.05, 0) is 56.2 Å². The molecule has 0 spiro atoms. The number of carbonyl (C=O) groups excluding carboxylic acids is 1. The fourth-order valence-corrected chi connectivity index (χ4v) is 5.65. The number of nitrogens with one attached hydrogen (secondary N) is 1.